The minimum Gasteiger partial charge on any atom is -0.396 e. The van der Waals surface area contributed by atoms with E-state index in [4.69, 9.17) is 17.3 Å². The molecule has 0 spiro atoms. The minimum absolute atomic E-state index is 0.00575. The molecule has 6 nitrogen and oxygen atoms in total. The van der Waals surface area contributed by atoms with E-state index in [1.807, 2.05) is 19.9 Å². The summed E-state index contributed by atoms with van der Waals surface area (Å²) < 4.78 is 0. The van der Waals surface area contributed by atoms with Crippen molar-refractivity contribution in [2.45, 2.75) is 19.8 Å². The maximum atomic E-state index is 12.6. The molecule has 0 aliphatic carbocycles. The Morgan fingerprint density at radius 2 is 2.12 bits per heavy atom. The lowest BCUT2D eigenvalue weighted by atomic mass is 9.95. The van der Waals surface area contributed by atoms with Gasteiger partial charge in [-0.15, -0.1) is 0 Å². The van der Waals surface area contributed by atoms with Crippen LogP contribution >= 0.6 is 11.6 Å². The van der Waals surface area contributed by atoms with Crippen molar-refractivity contribution in [1.29, 1.82) is 0 Å². The highest BCUT2D eigenvalue weighted by Gasteiger charge is 2.16. The smallest absolute Gasteiger partial charge is 0.268 e. The van der Waals surface area contributed by atoms with Gasteiger partial charge in [-0.3, -0.25) is 14.6 Å². The summed E-state index contributed by atoms with van der Waals surface area (Å²) in [5, 5.41) is 10.0. The van der Waals surface area contributed by atoms with Crippen molar-refractivity contribution in [3.05, 3.63) is 62.5 Å². The van der Waals surface area contributed by atoms with Crippen molar-refractivity contribution >= 4 is 28.4 Å². The summed E-state index contributed by atoms with van der Waals surface area (Å²) in [6.45, 7) is 3.79. The number of benzene rings is 1. The first-order chi connectivity index (χ1) is 12.3. The van der Waals surface area contributed by atoms with Crippen LogP contribution in [0.3, 0.4) is 0 Å². The topological polar surface area (TPSA) is 109 Å². The number of carbonyl (C=O) groups excluding carboxylic acids is 1. The number of aromatic nitrogens is 2. The molecule has 134 valence electrons. The number of hydrogen-bond acceptors (Lipinski definition) is 4. The third-order valence-corrected chi connectivity index (χ3v) is 4.74. The van der Waals surface area contributed by atoms with E-state index in [9.17, 15) is 14.7 Å². The number of halogens is 1. The summed E-state index contributed by atoms with van der Waals surface area (Å²) in [7, 11) is 0. The zero-order valence-corrected chi connectivity index (χ0v) is 15.1. The maximum Gasteiger partial charge on any atom is 0.268 e. The fourth-order valence-corrected chi connectivity index (χ4v) is 3.35. The highest BCUT2D eigenvalue weighted by Crippen LogP contribution is 2.32. The molecule has 7 heteroatoms. The standard InChI is InChI=1S/C19H18ClN3O3/c1-9-5-11(10(2)8-24)13(20)6-12(9)15-7-16(25)17-14(23-15)3-4-22-18(17)19(21)26/h3-7,10,24H,8H2,1-2H3,(H2,21,26)(H,23,25). The molecule has 2 heterocycles. The fraction of sp³-hybridized carbons (Fsp3) is 0.211. The molecule has 26 heavy (non-hydrogen) atoms. The Morgan fingerprint density at radius 3 is 2.77 bits per heavy atom. The molecule has 0 fully saturated rings. The van der Waals surface area contributed by atoms with Crippen molar-refractivity contribution in [3.63, 3.8) is 0 Å². The van der Waals surface area contributed by atoms with Gasteiger partial charge >= 0.3 is 0 Å². The van der Waals surface area contributed by atoms with Gasteiger partial charge in [0, 0.05) is 35.4 Å². The van der Waals surface area contributed by atoms with E-state index in [1.54, 1.807) is 12.1 Å². The van der Waals surface area contributed by atoms with Gasteiger partial charge < -0.3 is 15.8 Å². The number of hydrogen-bond donors (Lipinski definition) is 3. The molecular weight excluding hydrogens is 354 g/mol. The number of nitrogens with one attached hydrogen (secondary N) is 1. The van der Waals surface area contributed by atoms with E-state index < -0.39 is 5.91 Å². The third-order valence-electron chi connectivity index (χ3n) is 4.41. The highest BCUT2D eigenvalue weighted by atomic mass is 35.5. The Kier molecular flexibility index (Phi) is 4.80. The van der Waals surface area contributed by atoms with E-state index in [1.165, 1.54) is 12.3 Å². The van der Waals surface area contributed by atoms with Crippen LogP contribution in [0.1, 0.15) is 34.5 Å². The predicted molar refractivity (Wildman–Crippen MR) is 102 cm³/mol. The summed E-state index contributed by atoms with van der Waals surface area (Å²) in [4.78, 5) is 31.2. The number of carbonyl (C=O) groups is 1. The molecule has 3 aromatic rings. The molecule has 0 saturated heterocycles. The molecule has 2 aromatic heterocycles. The van der Waals surface area contributed by atoms with Crippen LogP contribution in [0.15, 0.2) is 35.3 Å². The lowest BCUT2D eigenvalue weighted by molar-refractivity contribution is 0.0997. The first kappa shape index (κ1) is 18.1. The normalized spacial score (nSPS) is 12.3. The predicted octanol–water partition coefficient (Wildman–Crippen LogP) is 2.75. The van der Waals surface area contributed by atoms with Crippen LogP contribution in [0.2, 0.25) is 5.02 Å². The SMILES string of the molecule is Cc1cc(C(C)CO)c(Cl)cc1-c1cc(=O)c2c(C(N)=O)nccc2[nH]1. The van der Waals surface area contributed by atoms with Crippen LogP contribution in [-0.2, 0) is 0 Å². The Hall–Kier alpha value is -2.70. The Bertz CT molecular complexity index is 1080. The number of aliphatic hydroxyl groups is 1. The summed E-state index contributed by atoms with van der Waals surface area (Å²) in [5.41, 5.74) is 8.47. The molecule has 3 rings (SSSR count). The number of nitrogens with two attached hydrogens (primary N) is 1. The molecule has 4 N–H and O–H groups in total. The van der Waals surface area contributed by atoms with Crippen LogP contribution in [0.4, 0.5) is 0 Å². The van der Waals surface area contributed by atoms with Crippen LogP contribution in [0.5, 0.6) is 0 Å². The first-order valence-corrected chi connectivity index (χ1v) is 8.44. The van der Waals surface area contributed by atoms with Crippen molar-refractivity contribution < 1.29 is 9.90 Å². The number of fused-ring (bicyclic) bond motifs is 1. The van der Waals surface area contributed by atoms with Gasteiger partial charge in [-0.1, -0.05) is 24.6 Å². The molecule has 1 amide bonds. The van der Waals surface area contributed by atoms with Crippen molar-refractivity contribution in [2.75, 3.05) is 6.61 Å². The Morgan fingerprint density at radius 1 is 1.38 bits per heavy atom. The summed E-state index contributed by atoms with van der Waals surface area (Å²) in [6, 6.07) is 6.70. The van der Waals surface area contributed by atoms with E-state index >= 15 is 0 Å². The van der Waals surface area contributed by atoms with Gasteiger partial charge in [-0.2, -0.15) is 0 Å². The molecule has 0 saturated carbocycles. The monoisotopic (exact) mass is 371 g/mol. The molecule has 0 bridgehead atoms. The molecule has 1 atom stereocenters. The van der Waals surface area contributed by atoms with Crippen LogP contribution in [0, 0.1) is 6.92 Å². The average molecular weight is 372 g/mol. The molecule has 0 radical (unpaired) electrons. The fourth-order valence-electron chi connectivity index (χ4n) is 3.00. The van der Waals surface area contributed by atoms with E-state index in [-0.39, 0.29) is 29.0 Å². The molecule has 1 unspecified atom stereocenters. The number of H-pyrrole nitrogens is 1. The van der Waals surface area contributed by atoms with Gasteiger partial charge in [-0.05, 0) is 30.2 Å². The molecule has 0 aliphatic heterocycles. The van der Waals surface area contributed by atoms with Crippen LogP contribution < -0.4 is 11.2 Å². The molecule has 1 aromatic carbocycles. The van der Waals surface area contributed by atoms with Gasteiger partial charge in [0.15, 0.2) is 5.43 Å². The Labute approximate surface area is 154 Å². The largest absolute Gasteiger partial charge is 0.396 e. The van der Waals surface area contributed by atoms with Gasteiger partial charge in [0.05, 0.1) is 16.6 Å². The lowest BCUT2D eigenvalue weighted by Gasteiger charge is -2.15. The van der Waals surface area contributed by atoms with E-state index in [0.717, 1.165) is 16.7 Å². The quantitative estimate of drug-likeness (QED) is 0.655. The number of rotatable bonds is 4. The maximum absolute atomic E-state index is 12.6. The van der Waals surface area contributed by atoms with Gasteiger partial charge in [0.2, 0.25) is 0 Å². The van der Waals surface area contributed by atoms with Crippen molar-refractivity contribution in [3.8, 4) is 11.3 Å². The van der Waals surface area contributed by atoms with Gasteiger partial charge in [-0.25, -0.2) is 0 Å². The summed E-state index contributed by atoms with van der Waals surface area (Å²) in [6.07, 6.45) is 1.42. The zero-order chi connectivity index (χ0) is 19.0. The minimum atomic E-state index is -0.754. The second kappa shape index (κ2) is 6.90. The lowest BCUT2D eigenvalue weighted by Crippen LogP contribution is -2.17. The molecular formula is C19H18ClN3O3. The zero-order valence-electron chi connectivity index (χ0n) is 14.3. The number of aliphatic hydroxyl groups excluding tert-OH is 1. The number of aromatic amines is 1. The van der Waals surface area contributed by atoms with Crippen LogP contribution in [0.25, 0.3) is 22.2 Å². The van der Waals surface area contributed by atoms with Crippen molar-refractivity contribution in [1.82, 2.24) is 9.97 Å². The van der Waals surface area contributed by atoms with E-state index in [2.05, 4.69) is 9.97 Å². The van der Waals surface area contributed by atoms with Crippen molar-refractivity contribution in [2.24, 2.45) is 5.73 Å². The third kappa shape index (κ3) is 3.09. The number of pyridine rings is 2. The van der Waals surface area contributed by atoms with Gasteiger partial charge in [0.1, 0.15) is 5.69 Å². The van der Waals surface area contributed by atoms with E-state index in [0.29, 0.717) is 16.2 Å². The number of nitrogens with zero attached hydrogens (tertiary/aromatic N) is 1. The van der Waals surface area contributed by atoms with Gasteiger partial charge in [0.25, 0.3) is 5.91 Å². The number of amides is 1. The number of aryl methyl sites for hydroxylation is 1. The second-order valence-corrected chi connectivity index (χ2v) is 6.67. The highest BCUT2D eigenvalue weighted by molar-refractivity contribution is 6.31. The van der Waals surface area contributed by atoms with Crippen LogP contribution in [-0.4, -0.2) is 27.6 Å². The first-order valence-electron chi connectivity index (χ1n) is 8.06. The number of primary amides is 1. The molecule has 0 aliphatic rings. The Balaban J connectivity index is 2.23. The summed E-state index contributed by atoms with van der Waals surface area (Å²) in [5.74, 6) is -0.842. The second-order valence-electron chi connectivity index (χ2n) is 6.27. The summed E-state index contributed by atoms with van der Waals surface area (Å²) >= 11 is 6.38. The average Bonchev–Trinajstić information content (AvgIpc) is 2.61.